The van der Waals surface area contributed by atoms with Gasteiger partial charge in [-0.25, -0.2) is 9.80 Å². The standard InChI is InChI=1S/C21H30N4O4/c1-22-21(28)29-16-15-24(17-18-9-5-4-6-10-18)23-13-7-2-3-8-14-25-19(26)11-12-20(25)27/h4-6,9-12,23H,2-3,7-8,13-17H2,1H3,(H,22,28). The number of benzene rings is 1. The van der Waals surface area contributed by atoms with Gasteiger partial charge in [0.2, 0.25) is 0 Å². The predicted molar refractivity (Wildman–Crippen MR) is 110 cm³/mol. The molecule has 1 aliphatic heterocycles. The van der Waals surface area contributed by atoms with E-state index in [1.54, 1.807) is 0 Å². The maximum absolute atomic E-state index is 11.5. The van der Waals surface area contributed by atoms with Gasteiger partial charge in [0, 0.05) is 45.4 Å². The number of ether oxygens (including phenoxy) is 1. The Morgan fingerprint density at radius 3 is 2.41 bits per heavy atom. The number of rotatable bonds is 13. The van der Waals surface area contributed by atoms with Crippen LogP contribution in [0.4, 0.5) is 4.79 Å². The quantitative estimate of drug-likeness (QED) is 0.297. The Hall–Kier alpha value is -2.71. The van der Waals surface area contributed by atoms with E-state index in [4.69, 9.17) is 4.74 Å². The highest BCUT2D eigenvalue weighted by Gasteiger charge is 2.22. The molecule has 2 N–H and O–H groups in total. The molecule has 0 spiro atoms. The number of alkyl carbamates (subject to hydrolysis) is 1. The van der Waals surface area contributed by atoms with Crippen molar-refractivity contribution in [2.45, 2.75) is 32.2 Å². The number of hydrogen-bond acceptors (Lipinski definition) is 6. The lowest BCUT2D eigenvalue weighted by atomic mass is 10.2. The molecule has 1 aliphatic rings. The summed E-state index contributed by atoms with van der Waals surface area (Å²) in [7, 11) is 1.54. The molecule has 158 valence electrons. The molecule has 0 radical (unpaired) electrons. The first-order valence-electron chi connectivity index (χ1n) is 10.0. The second-order valence-corrected chi connectivity index (χ2v) is 6.78. The minimum Gasteiger partial charge on any atom is -0.448 e. The number of unbranched alkanes of at least 4 members (excludes halogenated alkanes) is 3. The molecule has 0 saturated heterocycles. The molecule has 8 heteroatoms. The molecule has 8 nitrogen and oxygen atoms in total. The molecular weight excluding hydrogens is 372 g/mol. The second-order valence-electron chi connectivity index (χ2n) is 6.78. The van der Waals surface area contributed by atoms with Gasteiger partial charge in [-0.15, -0.1) is 0 Å². The molecule has 1 heterocycles. The highest BCUT2D eigenvalue weighted by atomic mass is 16.5. The zero-order valence-corrected chi connectivity index (χ0v) is 16.9. The van der Waals surface area contributed by atoms with Crippen LogP contribution in [-0.2, 0) is 20.9 Å². The molecule has 0 saturated carbocycles. The zero-order valence-electron chi connectivity index (χ0n) is 16.9. The van der Waals surface area contributed by atoms with Crippen molar-refractivity contribution in [1.82, 2.24) is 20.7 Å². The Kier molecular flexibility index (Phi) is 9.88. The number of imide groups is 1. The summed E-state index contributed by atoms with van der Waals surface area (Å²) in [5, 5.41) is 4.48. The Balaban J connectivity index is 1.63. The molecule has 0 aliphatic carbocycles. The van der Waals surface area contributed by atoms with Crippen LogP contribution in [0.15, 0.2) is 42.5 Å². The van der Waals surface area contributed by atoms with Crippen LogP contribution in [0.2, 0.25) is 0 Å². The molecule has 2 rings (SSSR count). The van der Waals surface area contributed by atoms with Crippen LogP contribution < -0.4 is 10.7 Å². The minimum atomic E-state index is -0.435. The number of nitrogens with zero attached hydrogens (tertiary/aromatic N) is 2. The summed E-state index contributed by atoms with van der Waals surface area (Å²) in [5.74, 6) is -0.431. The van der Waals surface area contributed by atoms with E-state index in [2.05, 4.69) is 22.9 Å². The number of nitrogens with one attached hydrogen (secondary N) is 2. The van der Waals surface area contributed by atoms with Gasteiger partial charge in [0.05, 0.1) is 0 Å². The van der Waals surface area contributed by atoms with E-state index in [1.807, 2.05) is 23.2 Å². The van der Waals surface area contributed by atoms with Crippen molar-refractivity contribution in [2.75, 3.05) is 33.3 Å². The summed E-state index contributed by atoms with van der Waals surface area (Å²) in [6, 6.07) is 10.1. The highest BCUT2D eigenvalue weighted by Crippen LogP contribution is 2.08. The minimum absolute atomic E-state index is 0.216. The maximum atomic E-state index is 11.5. The van der Waals surface area contributed by atoms with Gasteiger partial charge in [-0.2, -0.15) is 0 Å². The molecule has 0 fully saturated rings. The fourth-order valence-electron chi connectivity index (χ4n) is 2.98. The predicted octanol–water partition coefficient (Wildman–Crippen LogP) is 1.83. The molecule has 1 aromatic rings. The summed E-state index contributed by atoms with van der Waals surface area (Å²) in [6.45, 7) is 2.87. The molecule has 3 amide bonds. The number of hydrogen-bond donors (Lipinski definition) is 2. The van der Waals surface area contributed by atoms with Crippen LogP contribution in [0.5, 0.6) is 0 Å². The van der Waals surface area contributed by atoms with Crippen molar-refractivity contribution in [2.24, 2.45) is 0 Å². The maximum Gasteiger partial charge on any atom is 0.406 e. The molecule has 0 unspecified atom stereocenters. The normalized spacial score (nSPS) is 13.4. The molecular formula is C21H30N4O4. The molecule has 0 atom stereocenters. The smallest absolute Gasteiger partial charge is 0.406 e. The van der Waals surface area contributed by atoms with Crippen molar-refractivity contribution in [3.8, 4) is 0 Å². The largest absolute Gasteiger partial charge is 0.448 e. The Labute approximate surface area is 171 Å². The summed E-state index contributed by atoms with van der Waals surface area (Å²) >= 11 is 0. The third-order valence-corrected chi connectivity index (χ3v) is 4.56. The van der Waals surface area contributed by atoms with Crippen LogP contribution in [0, 0.1) is 0 Å². The lowest BCUT2D eigenvalue weighted by Gasteiger charge is -2.23. The van der Waals surface area contributed by atoms with Crippen LogP contribution in [0.25, 0.3) is 0 Å². The van der Waals surface area contributed by atoms with E-state index in [0.29, 0.717) is 26.2 Å². The van der Waals surface area contributed by atoms with E-state index in [9.17, 15) is 14.4 Å². The summed E-state index contributed by atoms with van der Waals surface area (Å²) in [5.41, 5.74) is 4.57. The lowest BCUT2D eigenvalue weighted by Crippen LogP contribution is -2.41. The van der Waals surface area contributed by atoms with Crippen LogP contribution in [0.3, 0.4) is 0 Å². The number of carbonyl (C=O) groups is 3. The third kappa shape index (κ3) is 8.45. The molecule has 1 aromatic carbocycles. The first-order valence-corrected chi connectivity index (χ1v) is 10.0. The molecule has 0 bridgehead atoms. The Morgan fingerprint density at radius 2 is 1.72 bits per heavy atom. The fourth-order valence-corrected chi connectivity index (χ4v) is 2.98. The summed E-state index contributed by atoms with van der Waals surface area (Å²) < 4.78 is 5.09. The van der Waals surface area contributed by atoms with Gasteiger partial charge in [-0.1, -0.05) is 43.2 Å². The first kappa shape index (κ1) is 22.6. The van der Waals surface area contributed by atoms with E-state index in [0.717, 1.165) is 32.2 Å². The van der Waals surface area contributed by atoms with Gasteiger partial charge in [-0.3, -0.25) is 19.9 Å². The van der Waals surface area contributed by atoms with Crippen molar-refractivity contribution in [3.63, 3.8) is 0 Å². The van der Waals surface area contributed by atoms with Gasteiger partial charge in [0.25, 0.3) is 11.8 Å². The second kappa shape index (κ2) is 12.7. The van der Waals surface area contributed by atoms with E-state index in [1.165, 1.54) is 29.7 Å². The zero-order chi connectivity index (χ0) is 20.9. The van der Waals surface area contributed by atoms with Crippen molar-refractivity contribution >= 4 is 17.9 Å². The van der Waals surface area contributed by atoms with Gasteiger partial charge in [0.15, 0.2) is 0 Å². The highest BCUT2D eigenvalue weighted by molar-refractivity contribution is 6.12. The average molecular weight is 402 g/mol. The SMILES string of the molecule is CNC(=O)OCCN(Cc1ccccc1)NCCCCCCN1C(=O)C=CC1=O. The monoisotopic (exact) mass is 402 g/mol. The number of hydrazine groups is 1. The lowest BCUT2D eigenvalue weighted by molar-refractivity contribution is -0.136. The van der Waals surface area contributed by atoms with Crippen molar-refractivity contribution in [1.29, 1.82) is 0 Å². The number of carbonyl (C=O) groups excluding carboxylic acids is 3. The summed E-state index contributed by atoms with van der Waals surface area (Å²) in [4.78, 5) is 35.5. The molecule has 0 aromatic heterocycles. The Bertz CT molecular complexity index is 675. The van der Waals surface area contributed by atoms with Gasteiger partial charge in [0.1, 0.15) is 6.61 Å². The fraction of sp³-hybridized carbons (Fsp3) is 0.476. The van der Waals surface area contributed by atoms with Crippen LogP contribution in [-0.4, -0.2) is 61.1 Å². The van der Waals surface area contributed by atoms with Crippen molar-refractivity contribution in [3.05, 3.63) is 48.0 Å². The number of amides is 3. The van der Waals surface area contributed by atoms with Gasteiger partial charge >= 0.3 is 6.09 Å². The van der Waals surface area contributed by atoms with Crippen LogP contribution in [0.1, 0.15) is 31.2 Å². The van der Waals surface area contributed by atoms with E-state index < -0.39 is 6.09 Å². The first-order chi connectivity index (χ1) is 14.1. The van der Waals surface area contributed by atoms with E-state index >= 15 is 0 Å². The molecule has 29 heavy (non-hydrogen) atoms. The van der Waals surface area contributed by atoms with Crippen molar-refractivity contribution < 1.29 is 19.1 Å². The third-order valence-electron chi connectivity index (χ3n) is 4.56. The Morgan fingerprint density at radius 1 is 1.03 bits per heavy atom. The van der Waals surface area contributed by atoms with Gasteiger partial charge in [-0.05, 0) is 18.4 Å². The van der Waals surface area contributed by atoms with E-state index in [-0.39, 0.29) is 11.8 Å². The van der Waals surface area contributed by atoms with Crippen LogP contribution >= 0.6 is 0 Å². The van der Waals surface area contributed by atoms with Gasteiger partial charge < -0.3 is 10.1 Å². The summed E-state index contributed by atoms with van der Waals surface area (Å²) in [6.07, 6.45) is 5.95. The average Bonchev–Trinajstić information content (AvgIpc) is 3.05. The topological polar surface area (TPSA) is 91.0 Å².